The molecule has 1 fully saturated rings. The summed E-state index contributed by atoms with van der Waals surface area (Å²) in [6.07, 6.45) is 3.82. The van der Waals surface area contributed by atoms with Crippen LogP contribution in [0.4, 0.5) is 0 Å². The summed E-state index contributed by atoms with van der Waals surface area (Å²) in [5.41, 5.74) is 1.52. The number of rotatable bonds is 4. The van der Waals surface area contributed by atoms with Gasteiger partial charge in [-0.1, -0.05) is 27.7 Å². The summed E-state index contributed by atoms with van der Waals surface area (Å²) in [6.45, 7) is 8.97. The predicted molar refractivity (Wildman–Crippen MR) is 74.6 cm³/mol. The lowest BCUT2D eigenvalue weighted by Crippen LogP contribution is -2.41. The van der Waals surface area contributed by atoms with Gasteiger partial charge >= 0.3 is 0 Å². The highest BCUT2D eigenvalue weighted by atomic mass is 32.1. The summed E-state index contributed by atoms with van der Waals surface area (Å²) in [5, 5.41) is 7.08. The van der Waals surface area contributed by atoms with Crippen LogP contribution in [0.25, 0.3) is 0 Å². The summed E-state index contributed by atoms with van der Waals surface area (Å²) >= 11 is 1.83. The van der Waals surface area contributed by atoms with Crippen molar-refractivity contribution in [3.63, 3.8) is 0 Å². The van der Waals surface area contributed by atoms with Gasteiger partial charge in [0.15, 0.2) is 0 Å². The minimum atomic E-state index is 0.133. The van der Waals surface area contributed by atoms with Crippen molar-refractivity contribution >= 4 is 11.3 Å². The Hall–Kier alpha value is -0.410. The SMILES string of the molecule is CCC(NC)(c1nc(C(C)(C)C)cs1)C1CC1. The first-order chi connectivity index (χ1) is 7.94. The van der Waals surface area contributed by atoms with Gasteiger partial charge in [0.05, 0.1) is 11.2 Å². The quantitative estimate of drug-likeness (QED) is 0.884. The lowest BCUT2D eigenvalue weighted by molar-refractivity contribution is 0.296. The van der Waals surface area contributed by atoms with Crippen LogP contribution in [-0.4, -0.2) is 12.0 Å². The summed E-state index contributed by atoms with van der Waals surface area (Å²) in [6, 6.07) is 0. The first kappa shape index (κ1) is 13.0. The third-order valence-electron chi connectivity index (χ3n) is 3.93. The molecule has 3 heteroatoms. The van der Waals surface area contributed by atoms with Gasteiger partial charge in [-0.2, -0.15) is 0 Å². The Balaban J connectivity index is 2.34. The molecular formula is C14H24N2S. The van der Waals surface area contributed by atoms with Crippen LogP contribution in [0.2, 0.25) is 0 Å². The molecule has 1 N–H and O–H groups in total. The Kier molecular flexibility index (Phi) is 3.34. The van der Waals surface area contributed by atoms with Crippen LogP contribution in [0.15, 0.2) is 5.38 Å². The third kappa shape index (κ3) is 2.27. The maximum Gasteiger partial charge on any atom is 0.113 e. The number of thiazole rings is 1. The van der Waals surface area contributed by atoms with Crippen molar-refractivity contribution in [2.75, 3.05) is 7.05 Å². The number of hydrogen-bond donors (Lipinski definition) is 1. The Morgan fingerprint density at radius 3 is 2.41 bits per heavy atom. The van der Waals surface area contributed by atoms with E-state index in [1.807, 2.05) is 11.3 Å². The van der Waals surface area contributed by atoms with E-state index in [1.165, 1.54) is 23.5 Å². The number of aromatic nitrogens is 1. The molecule has 0 amide bonds. The normalized spacial score (nSPS) is 20.3. The fraction of sp³-hybridized carbons (Fsp3) is 0.786. The van der Waals surface area contributed by atoms with Gasteiger partial charge in [0.2, 0.25) is 0 Å². The summed E-state index contributed by atoms with van der Waals surface area (Å²) < 4.78 is 0. The molecule has 0 spiro atoms. The second-order valence-corrected chi connectivity index (χ2v) is 7.00. The summed E-state index contributed by atoms with van der Waals surface area (Å²) in [5.74, 6) is 0.788. The standard InChI is InChI=1S/C14H24N2S/c1-6-14(15-5,10-7-8-10)12-16-11(9-17-12)13(2,3)4/h9-10,15H,6-8H2,1-5H3. The van der Waals surface area contributed by atoms with Gasteiger partial charge in [0.25, 0.3) is 0 Å². The van der Waals surface area contributed by atoms with E-state index in [0.717, 1.165) is 12.3 Å². The van der Waals surface area contributed by atoms with E-state index in [4.69, 9.17) is 4.98 Å². The Bertz CT molecular complexity index is 381. The highest BCUT2D eigenvalue weighted by Crippen LogP contribution is 2.48. The molecule has 1 heterocycles. The number of nitrogens with one attached hydrogen (secondary N) is 1. The monoisotopic (exact) mass is 252 g/mol. The van der Waals surface area contributed by atoms with Gasteiger partial charge in [-0.3, -0.25) is 0 Å². The third-order valence-corrected chi connectivity index (χ3v) is 4.95. The second-order valence-electron chi connectivity index (χ2n) is 6.14. The molecule has 17 heavy (non-hydrogen) atoms. The van der Waals surface area contributed by atoms with Crippen molar-refractivity contribution in [3.8, 4) is 0 Å². The summed E-state index contributed by atoms with van der Waals surface area (Å²) in [7, 11) is 2.08. The van der Waals surface area contributed by atoms with Crippen molar-refractivity contribution in [2.45, 2.75) is 57.9 Å². The smallest absolute Gasteiger partial charge is 0.113 e. The molecule has 0 radical (unpaired) electrons. The lowest BCUT2D eigenvalue weighted by Gasteiger charge is -2.30. The molecule has 1 unspecified atom stereocenters. The van der Waals surface area contributed by atoms with Gasteiger partial charge in [-0.25, -0.2) is 4.98 Å². The Morgan fingerprint density at radius 1 is 1.41 bits per heavy atom. The molecule has 1 aromatic heterocycles. The molecule has 1 aliphatic rings. The van der Waals surface area contributed by atoms with E-state index in [2.05, 4.69) is 45.4 Å². The maximum atomic E-state index is 4.91. The van der Waals surface area contributed by atoms with Gasteiger partial charge < -0.3 is 5.32 Å². The minimum Gasteiger partial charge on any atom is -0.308 e. The number of nitrogens with zero attached hydrogens (tertiary/aromatic N) is 1. The van der Waals surface area contributed by atoms with Gasteiger partial charge in [0, 0.05) is 10.8 Å². The van der Waals surface area contributed by atoms with Crippen molar-refractivity contribution in [1.82, 2.24) is 10.3 Å². The van der Waals surface area contributed by atoms with Crippen LogP contribution in [0.5, 0.6) is 0 Å². The zero-order chi connectivity index (χ0) is 12.7. The molecule has 2 rings (SSSR count). The Labute approximate surface area is 109 Å². The van der Waals surface area contributed by atoms with Crippen molar-refractivity contribution in [2.24, 2.45) is 5.92 Å². The second kappa shape index (κ2) is 4.36. The molecule has 1 saturated carbocycles. The fourth-order valence-corrected chi connectivity index (χ4v) is 3.91. The van der Waals surface area contributed by atoms with Crippen LogP contribution in [0, 0.1) is 5.92 Å². The van der Waals surface area contributed by atoms with Crippen LogP contribution in [0.1, 0.15) is 57.7 Å². The van der Waals surface area contributed by atoms with Gasteiger partial charge in [-0.05, 0) is 32.2 Å². The van der Waals surface area contributed by atoms with Gasteiger partial charge in [0.1, 0.15) is 5.01 Å². The van der Waals surface area contributed by atoms with E-state index < -0.39 is 0 Å². The van der Waals surface area contributed by atoms with Crippen molar-refractivity contribution in [3.05, 3.63) is 16.1 Å². The largest absolute Gasteiger partial charge is 0.308 e. The predicted octanol–water partition coefficient (Wildman–Crippen LogP) is 3.68. The van der Waals surface area contributed by atoms with E-state index >= 15 is 0 Å². The molecule has 2 nitrogen and oxygen atoms in total. The van der Waals surface area contributed by atoms with E-state index in [0.29, 0.717) is 0 Å². The zero-order valence-corrected chi connectivity index (χ0v) is 12.4. The highest BCUT2D eigenvalue weighted by Gasteiger charge is 2.46. The maximum absolute atomic E-state index is 4.91. The molecular weight excluding hydrogens is 228 g/mol. The topological polar surface area (TPSA) is 24.9 Å². The van der Waals surface area contributed by atoms with E-state index in [9.17, 15) is 0 Å². The van der Waals surface area contributed by atoms with Crippen LogP contribution in [0.3, 0.4) is 0 Å². The van der Waals surface area contributed by atoms with Gasteiger partial charge in [-0.15, -0.1) is 11.3 Å². The average Bonchev–Trinajstić information content (AvgIpc) is 2.97. The van der Waals surface area contributed by atoms with Crippen LogP contribution in [-0.2, 0) is 11.0 Å². The molecule has 1 atom stereocenters. The fourth-order valence-electron chi connectivity index (χ4n) is 2.50. The highest BCUT2D eigenvalue weighted by molar-refractivity contribution is 7.09. The molecule has 0 bridgehead atoms. The summed E-state index contributed by atoms with van der Waals surface area (Å²) in [4.78, 5) is 4.91. The molecule has 96 valence electrons. The molecule has 0 aliphatic heterocycles. The molecule has 0 saturated heterocycles. The van der Waals surface area contributed by atoms with Crippen molar-refractivity contribution < 1.29 is 0 Å². The first-order valence-corrected chi connectivity index (χ1v) is 7.47. The van der Waals surface area contributed by atoms with Crippen LogP contribution >= 0.6 is 11.3 Å². The van der Waals surface area contributed by atoms with Crippen molar-refractivity contribution in [1.29, 1.82) is 0 Å². The first-order valence-electron chi connectivity index (χ1n) is 6.59. The van der Waals surface area contributed by atoms with Crippen LogP contribution < -0.4 is 5.32 Å². The molecule has 0 aromatic carbocycles. The average molecular weight is 252 g/mol. The molecule has 1 aromatic rings. The number of hydrogen-bond acceptors (Lipinski definition) is 3. The zero-order valence-electron chi connectivity index (χ0n) is 11.6. The van der Waals surface area contributed by atoms with E-state index in [1.54, 1.807) is 0 Å². The Morgan fingerprint density at radius 2 is 2.06 bits per heavy atom. The minimum absolute atomic E-state index is 0.133. The lowest BCUT2D eigenvalue weighted by atomic mass is 9.90. The van der Waals surface area contributed by atoms with E-state index in [-0.39, 0.29) is 11.0 Å². The molecule has 1 aliphatic carbocycles.